The SMILES string of the molecule is Cc1ccc(C)c(NC(=O)CN(C)c2cnn(Cc3ccccc3)c(=O)c2Cl)c1. The molecule has 0 aliphatic heterocycles. The molecule has 1 amide bonds. The Kier molecular flexibility index (Phi) is 6.34. The van der Waals surface area contributed by atoms with Crippen LogP contribution in [0.2, 0.25) is 5.02 Å². The molecule has 1 aromatic heterocycles. The highest BCUT2D eigenvalue weighted by Crippen LogP contribution is 2.20. The quantitative estimate of drug-likeness (QED) is 0.673. The van der Waals surface area contributed by atoms with Crippen molar-refractivity contribution in [2.24, 2.45) is 0 Å². The van der Waals surface area contributed by atoms with Gasteiger partial charge in [0.25, 0.3) is 5.56 Å². The van der Waals surface area contributed by atoms with Crippen LogP contribution in [-0.4, -0.2) is 29.3 Å². The lowest BCUT2D eigenvalue weighted by molar-refractivity contribution is -0.114. The van der Waals surface area contributed by atoms with Gasteiger partial charge in [0.15, 0.2) is 0 Å². The monoisotopic (exact) mass is 410 g/mol. The minimum Gasteiger partial charge on any atom is -0.363 e. The highest BCUT2D eigenvalue weighted by Gasteiger charge is 2.16. The fourth-order valence-electron chi connectivity index (χ4n) is 2.95. The van der Waals surface area contributed by atoms with Crippen molar-refractivity contribution in [1.82, 2.24) is 9.78 Å². The van der Waals surface area contributed by atoms with Gasteiger partial charge >= 0.3 is 0 Å². The van der Waals surface area contributed by atoms with Crippen molar-refractivity contribution in [2.45, 2.75) is 20.4 Å². The van der Waals surface area contributed by atoms with E-state index in [1.807, 2.05) is 62.4 Å². The van der Waals surface area contributed by atoms with Crippen LogP contribution in [-0.2, 0) is 11.3 Å². The largest absolute Gasteiger partial charge is 0.363 e. The third-order valence-corrected chi connectivity index (χ3v) is 4.96. The first-order valence-corrected chi connectivity index (χ1v) is 9.60. The second-order valence-corrected chi connectivity index (χ2v) is 7.39. The number of amides is 1. The second-order valence-electron chi connectivity index (χ2n) is 7.01. The molecule has 0 bridgehead atoms. The summed E-state index contributed by atoms with van der Waals surface area (Å²) in [6.45, 7) is 4.27. The molecule has 1 N–H and O–H groups in total. The molecule has 0 spiro atoms. The van der Waals surface area contributed by atoms with Gasteiger partial charge in [-0.25, -0.2) is 4.68 Å². The first kappa shape index (κ1) is 20.6. The van der Waals surface area contributed by atoms with E-state index in [-0.39, 0.29) is 17.5 Å². The lowest BCUT2D eigenvalue weighted by atomic mass is 10.1. The maximum Gasteiger partial charge on any atom is 0.287 e. The molecule has 29 heavy (non-hydrogen) atoms. The van der Waals surface area contributed by atoms with Crippen LogP contribution in [0.4, 0.5) is 11.4 Å². The fourth-order valence-corrected chi connectivity index (χ4v) is 3.24. The predicted molar refractivity (Wildman–Crippen MR) is 117 cm³/mol. The van der Waals surface area contributed by atoms with Crippen molar-refractivity contribution in [3.63, 3.8) is 0 Å². The number of halogens is 1. The normalized spacial score (nSPS) is 10.6. The lowest BCUT2D eigenvalue weighted by Gasteiger charge is -2.20. The average Bonchev–Trinajstić information content (AvgIpc) is 2.69. The first-order chi connectivity index (χ1) is 13.8. The summed E-state index contributed by atoms with van der Waals surface area (Å²) in [6.07, 6.45) is 1.51. The Balaban J connectivity index is 1.73. The number of carbonyl (C=O) groups excluding carboxylic acids is 1. The number of rotatable bonds is 6. The molecule has 0 saturated heterocycles. The van der Waals surface area contributed by atoms with Crippen molar-refractivity contribution < 1.29 is 4.79 Å². The number of nitrogens with zero attached hydrogens (tertiary/aromatic N) is 3. The van der Waals surface area contributed by atoms with Crippen LogP contribution < -0.4 is 15.8 Å². The number of hydrogen-bond acceptors (Lipinski definition) is 4. The minimum absolute atomic E-state index is 0.0386. The number of aryl methyl sites for hydroxylation is 2. The number of likely N-dealkylation sites (N-methyl/N-ethyl adjacent to an activating group) is 1. The van der Waals surface area contributed by atoms with Gasteiger partial charge in [-0.3, -0.25) is 9.59 Å². The lowest BCUT2D eigenvalue weighted by Crippen LogP contribution is -2.33. The van der Waals surface area contributed by atoms with Crippen LogP contribution in [0.3, 0.4) is 0 Å². The van der Waals surface area contributed by atoms with Crippen LogP contribution >= 0.6 is 11.6 Å². The van der Waals surface area contributed by atoms with Gasteiger partial charge in [0, 0.05) is 12.7 Å². The zero-order chi connectivity index (χ0) is 21.0. The molecule has 2 aromatic carbocycles. The maximum atomic E-state index is 12.6. The number of carbonyl (C=O) groups is 1. The summed E-state index contributed by atoms with van der Waals surface area (Å²) in [7, 11) is 1.70. The zero-order valence-corrected chi connectivity index (χ0v) is 17.4. The Morgan fingerprint density at radius 3 is 2.62 bits per heavy atom. The van der Waals surface area contributed by atoms with E-state index in [0.717, 1.165) is 22.4 Å². The summed E-state index contributed by atoms with van der Waals surface area (Å²) >= 11 is 6.30. The number of hydrogen-bond donors (Lipinski definition) is 1. The Hall–Kier alpha value is -3.12. The maximum absolute atomic E-state index is 12.6. The Morgan fingerprint density at radius 2 is 1.90 bits per heavy atom. The minimum atomic E-state index is -0.394. The van der Waals surface area contributed by atoms with Crippen molar-refractivity contribution in [1.29, 1.82) is 0 Å². The van der Waals surface area contributed by atoms with Crippen LogP contribution in [0.5, 0.6) is 0 Å². The molecule has 0 saturated carbocycles. The van der Waals surface area contributed by atoms with Gasteiger partial charge in [-0.1, -0.05) is 54.1 Å². The van der Waals surface area contributed by atoms with E-state index >= 15 is 0 Å². The number of nitrogens with one attached hydrogen (secondary N) is 1. The molecule has 0 aliphatic carbocycles. The van der Waals surface area contributed by atoms with Crippen molar-refractivity contribution in [2.75, 3.05) is 23.8 Å². The molecule has 0 unspecified atom stereocenters. The van der Waals surface area contributed by atoms with Gasteiger partial charge in [-0.2, -0.15) is 5.10 Å². The Bertz CT molecular complexity index is 1080. The van der Waals surface area contributed by atoms with Crippen molar-refractivity contribution >= 4 is 28.9 Å². The van der Waals surface area contributed by atoms with E-state index in [1.165, 1.54) is 10.9 Å². The van der Waals surface area contributed by atoms with Crippen LogP contribution in [0.15, 0.2) is 59.5 Å². The molecule has 0 aliphatic rings. The van der Waals surface area contributed by atoms with Gasteiger partial charge in [-0.15, -0.1) is 0 Å². The Labute approximate surface area is 174 Å². The summed E-state index contributed by atoms with van der Waals surface area (Å²) in [5.41, 5.74) is 3.79. The van der Waals surface area contributed by atoms with E-state index in [9.17, 15) is 9.59 Å². The second kappa shape index (κ2) is 8.92. The smallest absolute Gasteiger partial charge is 0.287 e. The zero-order valence-electron chi connectivity index (χ0n) is 16.6. The Morgan fingerprint density at radius 1 is 1.17 bits per heavy atom. The van der Waals surface area contributed by atoms with E-state index in [4.69, 9.17) is 11.6 Å². The fraction of sp³-hybridized carbons (Fsp3) is 0.227. The third kappa shape index (κ3) is 5.03. The molecule has 6 nitrogen and oxygen atoms in total. The third-order valence-electron chi connectivity index (χ3n) is 4.60. The molecule has 0 atom stereocenters. The van der Waals surface area contributed by atoms with Gasteiger partial charge in [0.2, 0.25) is 5.91 Å². The van der Waals surface area contributed by atoms with Gasteiger partial charge in [0.1, 0.15) is 5.02 Å². The summed E-state index contributed by atoms with van der Waals surface area (Å²) in [4.78, 5) is 26.7. The first-order valence-electron chi connectivity index (χ1n) is 9.23. The highest BCUT2D eigenvalue weighted by molar-refractivity contribution is 6.33. The van der Waals surface area contributed by atoms with Gasteiger partial charge in [-0.05, 0) is 36.6 Å². The molecular weight excluding hydrogens is 388 g/mol. The highest BCUT2D eigenvalue weighted by atomic mass is 35.5. The van der Waals surface area contributed by atoms with Crippen LogP contribution in [0, 0.1) is 13.8 Å². The molecule has 7 heteroatoms. The van der Waals surface area contributed by atoms with E-state index in [1.54, 1.807) is 11.9 Å². The molecule has 150 valence electrons. The van der Waals surface area contributed by atoms with Gasteiger partial charge in [0.05, 0.1) is 25.0 Å². The van der Waals surface area contributed by atoms with Crippen molar-refractivity contribution in [3.05, 3.63) is 86.8 Å². The van der Waals surface area contributed by atoms with Crippen LogP contribution in [0.25, 0.3) is 0 Å². The summed E-state index contributed by atoms with van der Waals surface area (Å²) in [5.74, 6) is -0.203. The molecular formula is C22H23ClN4O2. The van der Waals surface area contributed by atoms with E-state index in [0.29, 0.717) is 12.2 Å². The topological polar surface area (TPSA) is 67.2 Å². The van der Waals surface area contributed by atoms with Gasteiger partial charge < -0.3 is 10.2 Å². The number of aromatic nitrogens is 2. The van der Waals surface area contributed by atoms with Crippen LogP contribution in [0.1, 0.15) is 16.7 Å². The molecule has 3 rings (SSSR count). The van der Waals surface area contributed by atoms with Crippen molar-refractivity contribution in [3.8, 4) is 0 Å². The summed E-state index contributed by atoms with van der Waals surface area (Å²) in [6, 6.07) is 15.4. The van der Waals surface area contributed by atoms with E-state index in [2.05, 4.69) is 10.4 Å². The predicted octanol–water partition coefficient (Wildman–Crippen LogP) is 3.64. The standard InChI is InChI=1S/C22H23ClN4O2/c1-15-9-10-16(2)18(11-15)25-20(28)14-26(3)19-12-24-27(22(29)21(19)23)13-17-7-5-4-6-8-17/h4-12H,13-14H2,1-3H3,(H,25,28). The molecule has 0 radical (unpaired) electrons. The van der Waals surface area contributed by atoms with E-state index < -0.39 is 5.56 Å². The molecule has 0 fully saturated rings. The summed E-state index contributed by atoms with van der Waals surface area (Å²) in [5, 5.41) is 7.16. The molecule has 3 aromatic rings. The summed E-state index contributed by atoms with van der Waals surface area (Å²) < 4.78 is 1.31. The molecule has 1 heterocycles. The average molecular weight is 411 g/mol. The number of benzene rings is 2. The number of anilines is 2.